The van der Waals surface area contributed by atoms with Crippen molar-refractivity contribution in [2.45, 2.75) is 51.9 Å². The van der Waals surface area contributed by atoms with Gasteiger partial charge < -0.3 is 4.90 Å². The first kappa shape index (κ1) is 19.9. The average Bonchev–Trinajstić information content (AvgIpc) is 2.82. The van der Waals surface area contributed by atoms with Gasteiger partial charge in [0.1, 0.15) is 0 Å². The Bertz CT molecular complexity index is 711. The molecule has 1 heterocycles. The Morgan fingerprint density at radius 1 is 1.08 bits per heavy atom. The molecule has 1 amide bonds. The van der Waals surface area contributed by atoms with Gasteiger partial charge in [-0.3, -0.25) is 4.79 Å². The maximum absolute atomic E-state index is 13.0. The van der Waals surface area contributed by atoms with E-state index in [1.807, 2.05) is 44.7 Å². The molecule has 0 bridgehead atoms. The van der Waals surface area contributed by atoms with Gasteiger partial charge in [-0.2, -0.15) is 4.31 Å². The van der Waals surface area contributed by atoms with Crippen molar-refractivity contribution >= 4 is 15.9 Å². The summed E-state index contributed by atoms with van der Waals surface area (Å²) in [5.74, 6) is 0.207. The van der Waals surface area contributed by atoms with Gasteiger partial charge in [0, 0.05) is 32.1 Å². The van der Waals surface area contributed by atoms with Crippen molar-refractivity contribution in [1.29, 1.82) is 0 Å². The summed E-state index contributed by atoms with van der Waals surface area (Å²) in [5.41, 5.74) is 1.82. The first-order chi connectivity index (χ1) is 11.8. The first-order valence-electron chi connectivity index (χ1n) is 9.17. The predicted octanol–water partition coefficient (Wildman–Crippen LogP) is 2.96. The molecule has 1 fully saturated rings. The molecule has 0 N–H and O–H groups in total. The Kier molecular flexibility index (Phi) is 6.63. The van der Waals surface area contributed by atoms with E-state index < -0.39 is 10.0 Å². The maximum Gasteiger partial charge on any atom is 0.243 e. The highest BCUT2D eigenvalue weighted by atomic mass is 32.2. The molecule has 1 saturated heterocycles. The lowest BCUT2D eigenvalue weighted by Crippen LogP contribution is -2.39. The summed E-state index contributed by atoms with van der Waals surface area (Å²) >= 11 is 0. The number of carbonyl (C=O) groups excluding carboxylic acids is 1. The summed E-state index contributed by atoms with van der Waals surface area (Å²) in [6.07, 6.45) is 2.34. The van der Waals surface area contributed by atoms with Crippen molar-refractivity contribution in [3.63, 3.8) is 0 Å². The lowest BCUT2D eigenvalue weighted by molar-refractivity contribution is -0.135. The van der Waals surface area contributed by atoms with Gasteiger partial charge in [0.15, 0.2) is 0 Å². The largest absolute Gasteiger partial charge is 0.341 e. The van der Waals surface area contributed by atoms with E-state index in [0.29, 0.717) is 37.5 Å². The number of amides is 1. The Labute approximate surface area is 152 Å². The topological polar surface area (TPSA) is 57.7 Å². The highest BCUT2D eigenvalue weighted by molar-refractivity contribution is 7.89. The van der Waals surface area contributed by atoms with Crippen LogP contribution in [0.1, 0.15) is 44.2 Å². The number of carbonyl (C=O) groups is 1. The average molecular weight is 367 g/mol. The van der Waals surface area contributed by atoms with Crippen LogP contribution in [0.15, 0.2) is 23.1 Å². The van der Waals surface area contributed by atoms with Crippen LogP contribution in [0.2, 0.25) is 0 Å². The third-order valence-corrected chi connectivity index (χ3v) is 7.11. The molecule has 0 atom stereocenters. The quantitative estimate of drug-likeness (QED) is 0.805. The van der Waals surface area contributed by atoms with Crippen LogP contribution in [0.4, 0.5) is 0 Å². The molecule has 1 aliphatic rings. The number of rotatable bonds is 5. The number of nitrogens with zero attached hydrogens (tertiary/aromatic N) is 2. The Morgan fingerprint density at radius 2 is 1.76 bits per heavy atom. The number of aryl methyl sites for hydroxylation is 2. The second-order valence-electron chi connectivity index (χ2n) is 6.87. The number of sulfonamides is 1. The summed E-state index contributed by atoms with van der Waals surface area (Å²) in [4.78, 5) is 14.8. The van der Waals surface area contributed by atoms with E-state index in [-0.39, 0.29) is 11.8 Å². The molecule has 0 unspecified atom stereocenters. The van der Waals surface area contributed by atoms with E-state index in [2.05, 4.69) is 0 Å². The van der Waals surface area contributed by atoms with Crippen molar-refractivity contribution in [2.24, 2.45) is 5.92 Å². The molecule has 140 valence electrons. The first-order valence-corrected chi connectivity index (χ1v) is 10.6. The van der Waals surface area contributed by atoms with Crippen LogP contribution >= 0.6 is 0 Å². The zero-order valence-corrected chi connectivity index (χ0v) is 16.6. The van der Waals surface area contributed by atoms with Crippen molar-refractivity contribution in [3.8, 4) is 0 Å². The summed E-state index contributed by atoms with van der Waals surface area (Å²) in [6.45, 7) is 9.77. The summed E-state index contributed by atoms with van der Waals surface area (Å²) in [7, 11) is -3.52. The molecule has 0 aromatic heterocycles. The van der Waals surface area contributed by atoms with Crippen molar-refractivity contribution in [2.75, 3.05) is 26.2 Å². The number of hydrogen-bond donors (Lipinski definition) is 0. The zero-order chi connectivity index (χ0) is 18.6. The lowest BCUT2D eigenvalue weighted by Gasteiger charge is -2.25. The molecule has 0 spiro atoms. The molecule has 25 heavy (non-hydrogen) atoms. The van der Waals surface area contributed by atoms with E-state index in [0.717, 1.165) is 24.0 Å². The molecule has 1 aliphatic heterocycles. The third kappa shape index (κ3) is 4.42. The number of hydrogen-bond acceptors (Lipinski definition) is 3. The Hall–Kier alpha value is -1.40. The molecule has 1 aromatic carbocycles. The lowest BCUT2D eigenvalue weighted by atomic mass is 10.0. The molecule has 2 rings (SSSR count). The van der Waals surface area contributed by atoms with Gasteiger partial charge in [0.25, 0.3) is 0 Å². The summed E-state index contributed by atoms with van der Waals surface area (Å²) < 4.78 is 27.6. The van der Waals surface area contributed by atoms with Crippen molar-refractivity contribution < 1.29 is 13.2 Å². The van der Waals surface area contributed by atoms with Crippen molar-refractivity contribution in [1.82, 2.24) is 9.21 Å². The Morgan fingerprint density at radius 3 is 2.36 bits per heavy atom. The molecule has 0 radical (unpaired) electrons. The fourth-order valence-electron chi connectivity index (χ4n) is 3.48. The van der Waals surface area contributed by atoms with Gasteiger partial charge in [0.2, 0.25) is 15.9 Å². The predicted molar refractivity (Wildman–Crippen MR) is 99.9 cm³/mol. The van der Waals surface area contributed by atoms with Gasteiger partial charge in [0.05, 0.1) is 4.90 Å². The van der Waals surface area contributed by atoms with Gasteiger partial charge >= 0.3 is 0 Å². The van der Waals surface area contributed by atoms with Crippen LogP contribution in [0.25, 0.3) is 0 Å². The van der Waals surface area contributed by atoms with Crippen LogP contribution in [0, 0.1) is 19.8 Å². The van der Waals surface area contributed by atoms with Crippen LogP contribution in [-0.2, 0) is 14.8 Å². The molecular weight excluding hydrogens is 336 g/mol. The normalized spacial score (nSPS) is 16.9. The van der Waals surface area contributed by atoms with Crippen LogP contribution in [0.5, 0.6) is 0 Å². The minimum absolute atomic E-state index is 0.0440. The molecule has 0 aliphatic carbocycles. The number of benzene rings is 1. The van der Waals surface area contributed by atoms with E-state index in [9.17, 15) is 13.2 Å². The summed E-state index contributed by atoms with van der Waals surface area (Å²) in [5, 5.41) is 0. The van der Waals surface area contributed by atoms with Gasteiger partial charge in [-0.25, -0.2) is 8.42 Å². The fraction of sp³-hybridized carbons (Fsp3) is 0.632. The Balaban J connectivity index is 2.16. The summed E-state index contributed by atoms with van der Waals surface area (Å²) in [6, 6.07) is 5.42. The standard InChI is InChI=1S/C19H30N2O3S/c1-5-17(6-2)19(22)20-10-7-11-21(13-12-20)25(23,24)18-9-8-15(3)14-16(18)4/h8-9,14,17H,5-7,10-13H2,1-4H3. The third-order valence-electron chi connectivity index (χ3n) is 5.05. The highest BCUT2D eigenvalue weighted by Gasteiger charge is 2.30. The molecule has 6 heteroatoms. The minimum Gasteiger partial charge on any atom is -0.341 e. The van der Waals surface area contributed by atoms with E-state index in [1.54, 1.807) is 6.07 Å². The highest BCUT2D eigenvalue weighted by Crippen LogP contribution is 2.23. The second-order valence-corrected chi connectivity index (χ2v) is 8.77. The fourth-order valence-corrected chi connectivity index (χ4v) is 5.15. The zero-order valence-electron chi connectivity index (χ0n) is 15.8. The molecule has 1 aromatic rings. The second kappa shape index (κ2) is 8.32. The minimum atomic E-state index is -3.52. The smallest absolute Gasteiger partial charge is 0.243 e. The maximum atomic E-state index is 13.0. The van der Waals surface area contributed by atoms with E-state index in [1.165, 1.54) is 4.31 Å². The van der Waals surface area contributed by atoms with Gasteiger partial charge in [-0.05, 0) is 44.7 Å². The molecule has 5 nitrogen and oxygen atoms in total. The van der Waals surface area contributed by atoms with Crippen LogP contribution < -0.4 is 0 Å². The SMILES string of the molecule is CCC(CC)C(=O)N1CCCN(S(=O)(=O)c2ccc(C)cc2C)CC1. The van der Waals surface area contributed by atoms with Crippen LogP contribution in [0.3, 0.4) is 0 Å². The monoisotopic (exact) mass is 366 g/mol. The van der Waals surface area contributed by atoms with Crippen LogP contribution in [-0.4, -0.2) is 49.7 Å². The molecular formula is C19H30N2O3S. The van der Waals surface area contributed by atoms with Gasteiger partial charge in [-0.15, -0.1) is 0 Å². The van der Waals surface area contributed by atoms with Crippen molar-refractivity contribution in [3.05, 3.63) is 29.3 Å². The van der Waals surface area contributed by atoms with E-state index in [4.69, 9.17) is 0 Å². The molecule has 0 saturated carbocycles. The van der Waals surface area contributed by atoms with E-state index >= 15 is 0 Å². The van der Waals surface area contributed by atoms with Gasteiger partial charge in [-0.1, -0.05) is 31.5 Å².